The van der Waals surface area contributed by atoms with Gasteiger partial charge in [-0.3, -0.25) is 0 Å². The van der Waals surface area contributed by atoms with Crippen LogP contribution in [0.15, 0.2) is 24.3 Å². The Bertz CT molecular complexity index is 400. The van der Waals surface area contributed by atoms with E-state index in [-0.39, 0.29) is 5.60 Å². The summed E-state index contributed by atoms with van der Waals surface area (Å²) in [6.45, 7) is 5.53. The predicted octanol–water partition coefficient (Wildman–Crippen LogP) is 4.26. The summed E-state index contributed by atoms with van der Waals surface area (Å²) in [6, 6.07) is 8.78. The van der Waals surface area contributed by atoms with Crippen molar-refractivity contribution in [3.63, 3.8) is 0 Å². The molecule has 1 aliphatic carbocycles. The van der Waals surface area contributed by atoms with Gasteiger partial charge in [-0.05, 0) is 48.6 Å². The molecule has 17 heavy (non-hydrogen) atoms. The maximum absolute atomic E-state index is 6.18. The fourth-order valence-corrected chi connectivity index (χ4v) is 3.57. The van der Waals surface area contributed by atoms with Gasteiger partial charge in [-0.25, -0.2) is 0 Å². The molecule has 1 aromatic carbocycles. The molecule has 1 aromatic rings. The van der Waals surface area contributed by atoms with Gasteiger partial charge in [0.2, 0.25) is 0 Å². The van der Waals surface area contributed by atoms with Crippen LogP contribution in [-0.2, 0) is 16.9 Å². The van der Waals surface area contributed by atoms with Gasteiger partial charge in [0.05, 0.1) is 12.2 Å². The maximum Gasteiger partial charge on any atom is 0.0939 e. The zero-order valence-electron chi connectivity index (χ0n) is 10.9. The lowest BCUT2D eigenvalue weighted by atomic mass is 9.72. The van der Waals surface area contributed by atoms with Gasteiger partial charge >= 0.3 is 0 Å². The highest BCUT2D eigenvalue weighted by Crippen LogP contribution is 2.49. The first-order valence-corrected chi connectivity index (χ1v) is 6.94. The molecule has 0 bridgehead atoms. The average Bonchev–Trinajstić information content (AvgIpc) is 2.70. The Morgan fingerprint density at radius 2 is 1.88 bits per heavy atom. The molecule has 1 spiro atoms. The third-order valence-corrected chi connectivity index (χ3v) is 4.79. The molecule has 1 aliphatic heterocycles. The van der Waals surface area contributed by atoms with Crippen LogP contribution in [-0.4, -0.2) is 0 Å². The van der Waals surface area contributed by atoms with E-state index < -0.39 is 0 Å². The molecule has 1 fully saturated rings. The van der Waals surface area contributed by atoms with E-state index >= 15 is 0 Å². The van der Waals surface area contributed by atoms with Crippen LogP contribution in [0.5, 0.6) is 0 Å². The molecule has 0 N–H and O–H groups in total. The van der Waals surface area contributed by atoms with Crippen molar-refractivity contribution in [3.05, 3.63) is 35.4 Å². The van der Waals surface area contributed by atoms with Gasteiger partial charge in [0.1, 0.15) is 0 Å². The SMILES string of the molecule is CC(C)[C@H]1CC[C@]2(CC1)OCc1ccccc12. The van der Waals surface area contributed by atoms with Gasteiger partial charge < -0.3 is 4.74 Å². The highest BCUT2D eigenvalue weighted by atomic mass is 16.5. The van der Waals surface area contributed by atoms with Crippen molar-refractivity contribution in [2.24, 2.45) is 11.8 Å². The number of benzene rings is 1. The average molecular weight is 230 g/mol. The molecule has 1 nitrogen and oxygen atoms in total. The first-order chi connectivity index (χ1) is 8.21. The van der Waals surface area contributed by atoms with Crippen LogP contribution in [0.4, 0.5) is 0 Å². The molecule has 0 aromatic heterocycles. The van der Waals surface area contributed by atoms with Crippen LogP contribution >= 0.6 is 0 Å². The lowest BCUT2D eigenvalue weighted by Gasteiger charge is -2.38. The standard InChI is InChI=1S/C16H22O/c1-12(2)13-7-9-16(10-8-13)15-6-4-3-5-14(15)11-17-16/h3-6,12-13H,7-11H2,1-2H3/t13-,16+. The minimum absolute atomic E-state index is 0.0714. The largest absolute Gasteiger partial charge is 0.366 e. The number of hydrogen-bond acceptors (Lipinski definition) is 1. The topological polar surface area (TPSA) is 9.23 Å². The van der Waals surface area contributed by atoms with E-state index in [1.54, 1.807) is 0 Å². The first-order valence-electron chi connectivity index (χ1n) is 6.94. The highest BCUT2D eigenvalue weighted by Gasteiger charge is 2.42. The Hall–Kier alpha value is -0.820. The van der Waals surface area contributed by atoms with E-state index in [1.165, 1.54) is 36.8 Å². The van der Waals surface area contributed by atoms with E-state index in [0.29, 0.717) is 0 Å². The number of hydrogen-bond donors (Lipinski definition) is 0. The van der Waals surface area contributed by atoms with E-state index in [2.05, 4.69) is 38.1 Å². The van der Waals surface area contributed by atoms with Crippen molar-refractivity contribution in [3.8, 4) is 0 Å². The molecular weight excluding hydrogens is 208 g/mol. The third-order valence-electron chi connectivity index (χ3n) is 4.79. The monoisotopic (exact) mass is 230 g/mol. The summed E-state index contributed by atoms with van der Waals surface area (Å²) in [6.07, 6.45) is 5.08. The van der Waals surface area contributed by atoms with Crippen molar-refractivity contribution >= 4 is 0 Å². The Balaban J connectivity index is 1.82. The summed E-state index contributed by atoms with van der Waals surface area (Å²) in [5, 5.41) is 0. The third kappa shape index (κ3) is 1.81. The summed E-state index contributed by atoms with van der Waals surface area (Å²) < 4.78 is 6.18. The zero-order valence-corrected chi connectivity index (χ0v) is 10.9. The minimum Gasteiger partial charge on any atom is -0.366 e. The lowest BCUT2D eigenvalue weighted by molar-refractivity contribution is -0.0757. The van der Waals surface area contributed by atoms with Crippen molar-refractivity contribution < 1.29 is 4.74 Å². The predicted molar refractivity (Wildman–Crippen MR) is 69.7 cm³/mol. The van der Waals surface area contributed by atoms with Crippen LogP contribution in [0, 0.1) is 11.8 Å². The lowest BCUT2D eigenvalue weighted by Crippen LogP contribution is -2.32. The molecule has 0 radical (unpaired) electrons. The quantitative estimate of drug-likeness (QED) is 0.700. The summed E-state index contributed by atoms with van der Waals surface area (Å²) in [7, 11) is 0. The van der Waals surface area contributed by atoms with Gasteiger partial charge in [-0.2, -0.15) is 0 Å². The van der Waals surface area contributed by atoms with Gasteiger partial charge in [0.25, 0.3) is 0 Å². The van der Waals surface area contributed by atoms with Gasteiger partial charge in [0, 0.05) is 0 Å². The number of ether oxygens (including phenoxy) is 1. The Kier molecular flexibility index (Phi) is 2.74. The van der Waals surface area contributed by atoms with Crippen molar-refractivity contribution in [1.82, 2.24) is 0 Å². The summed E-state index contributed by atoms with van der Waals surface area (Å²) in [4.78, 5) is 0. The van der Waals surface area contributed by atoms with Crippen molar-refractivity contribution in [2.75, 3.05) is 0 Å². The van der Waals surface area contributed by atoms with E-state index in [9.17, 15) is 0 Å². The van der Waals surface area contributed by atoms with E-state index in [4.69, 9.17) is 4.74 Å². The fourth-order valence-electron chi connectivity index (χ4n) is 3.57. The van der Waals surface area contributed by atoms with Crippen LogP contribution in [0.25, 0.3) is 0 Å². The molecule has 2 aliphatic rings. The Morgan fingerprint density at radius 1 is 1.18 bits per heavy atom. The molecule has 1 saturated carbocycles. The maximum atomic E-state index is 6.18. The Morgan fingerprint density at radius 3 is 2.59 bits per heavy atom. The fraction of sp³-hybridized carbons (Fsp3) is 0.625. The molecule has 0 unspecified atom stereocenters. The molecular formula is C16H22O. The zero-order chi connectivity index (χ0) is 11.9. The summed E-state index contributed by atoms with van der Waals surface area (Å²) in [5.41, 5.74) is 2.96. The second kappa shape index (κ2) is 4.13. The normalized spacial score (nSPS) is 32.1. The first kappa shape index (κ1) is 11.3. The number of rotatable bonds is 1. The van der Waals surface area contributed by atoms with Crippen LogP contribution in [0.1, 0.15) is 50.7 Å². The second-order valence-corrected chi connectivity index (χ2v) is 6.02. The van der Waals surface area contributed by atoms with Gasteiger partial charge in [0.15, 0.2) is 0 Å². The number of fused-ring (bicyclic) bond motifs is 2. The molecule has 3 rings (SSSR count). The molecule has 0 atom stereocenters. The van der Waals surface area contributed by atoms with Gasteiger partial charge in [-0.1, -0.05) is 38.1 Å². The van der Waals surface area contributed by atoms with Gasteiger partial charge in [-0.15, -0.1) is 0 Å². The highest BCUT2D eigenvalue weighted by molar-refractivity contribution is 5.35. The Labute approximate surface area is 104 Å². The van der Waals surface area contributed by atoms with Crippen LogP contribution in [0.2, 0.25) is 0 Å². The minimum atomic E-state index is 0.0714. The van der Waals surface area contributed by atoms with Crippen LogP contribution < -0.4 is 0 Å². The second-order valence-electron chi connectivity index (χ2n) is 6.02. The van der Waals surface area contributed by atoms with Crippen LogP contribution in [0.3, 0.4) is 0 Å². The molecule has 1 heterocycles. The van der Waals surface area contributed by atoms with E-state index in [0.717, 1.165) is 18.4 Å². The smallest absolute Gasteiger partial charge is 0.0939 e. The van der Waals surface area contributed by atoms with Crippen molar-refractivity contribution in [2.45, 2.75) is 51.7 Å². The molecule has 1 heteroatoms. The summed E-state index contributed by atoms with van der Waals surface area (Å²) in [5.74, 6) is 1.72. The molecule has 92 valence electrons. The molecule has 0 amide bonds. The molecule has 0 saturated heterocycles. The summed E-state index contributed by atoms with van der Waals surface area (Å²) >= 11 is 0. The van der Waals surface area contributed by atoms with Crippen molar-refractivity contribution in [1.29, 1.82) is 0 Å². The van der Waals surface area contributed by atoms with E-state index in [1.807, 2.05) is 0 Å².